The Morgan fingerprint density at radius 2 is 1.93 bits per heavy atom. The maximum Gasteiger partial charge on any atom is 0.323 e. The van der Waals surface area contributed by atoms with Crippen molar-refractivity contribution in [1.29, 1.82) is 0 Å². The van der Waals surface area contributed by atoms with Gasteiger partial charge in [-0.3, -0.25) is 4.79 Å². The smallest absolute Gasteiger partial charge is 0.323 e. The third-order valence-electron chi connectivity index (χ3n) is 2.05. The average molecular weight is 205 g/mol. The van der Waals surface area contributed by atoms with Gasteiger partial charge in [-0.05, 0) is 31.1 Å². The monoisotopic (exact) mass is 205 g/mol. The van der Waals surface area contributed by atoms with Crippen molar-refractivity contribution in [3.8, 4) is 0 Å². The molecule has 0 radical (unpaired) electrons. The molecule has 0 saturated carbocycles. The Kier molecular flexibility index (Phi) is 2.41. The summed E-state index contributed by atoms with van der Waals surface area (Å²) in [6.45, 7) is 3.98. The number of aryl methyl sites for hydroxylation is 2. The van der Waals surface area contributed by atoms with Crippen LogP contribution in [0.2, 0.25) is 0 Å². The number of oxime groups is 1. The summed E-state index contributed by atoms with van der Waals surface area (Å²) < 4.78 is 5.17. The van der Waals surface area contributed by atoms with Crippen molar-refractivity contribution in [1.82, 2.24) is 0 Å². The summed E-state index contributed by atoms with van der Waals surface area (Å²) in [6, 6.07) is 5.92. The topological polar surface area (TPSA) is 47.9 Å². The molecule has 4 heteroatoms. The van der Waals surface area contributed by atoms with Crippen LogP contribution in [0.3, 0.4) is 0 Å². The molecule has 1 heterocycles. The van der Waals surface area contributed by atoms with E-state index in [2.05, 4.69) is 11.2 Å². The van der Waals surface area contributed by atoms with Gasteiger partial charge in [-0.25, -0.2) is 0 Å². The fourth-order valence-corrected chi connectivity index (χ4v) is 1.52. The normalized spacial score (nSPS) is 19.1. The Bertz CT molecular complexity index is 406. The molecule has 1 aromatic carbocycles. The molecule has 78 valence electrons. The number of benzene rings is 1. The van der Waals surface area contributed by atoms with Crippen LogP contribution in [0.15, 0.2) is 23.4 Å². The molecule has 1 unspecified atom stereocenters. The van der Waals surface area contributed by atoms with Gasteiger partial charge in [0.05, 0.1) is 0 Å². The minimum Gasteiger partial charge on any atom is -0.426 e. The first-order chi connectivity index (χ1) is 7.19. The van der Waals surface area contributed by atoms with Crippen molar-refractivity contribution >= 4 is 12.2 Å². The second kappa shape index (κ2) is 3.73. The van der Waals surface area contributed by atoms with Gasteiger partial charge in [0.25, 0.3) is 5.90 Å². The quantitative estimate of drug-likeness (QED) is 0.688. The molecule has 15 heavy (non-hydrogen) atoms. The largest absolute Gasteiger partial charge is 0.426 e. The number of ether oxygens (including phenoxy) is 1. The Hall–Kier alpha value is -1.84. The fraction of sp³-hybridized carbons (Fsp3) is 0.273. The van der Waals surface area contributed by atoms with Crippen molar-refractivity contribution in [3.05, 3.63) is 34.9 Å². The van der Waals surface area contributed by atoms with Crippen LogP contribution in [0.4, 0.5) is 0 Å². The first-order valence-electron chi connectivity index (χ1n) is 4.63. The fourth-order valence-electron chi connectivity index (χ4n) is 1.52. The zero-order valence-electron chi connectivity index (χ0n) is 8.56. The molecule has 0 aromatic heterocycles. The molecule has 0 spiro atoms. The molecule has 1 aromatic rings. The molecule has 1 aliphatic rings. The van der Waals surface area contributed by atoms with Gasteiger partial charge in [0, 0.05) is 5.56 Å². The third-order valence-corrected chi connectivity index (χ3v) is 2.05. The number of rotatable bonds is 2. The predicted octanol–water partition coefficient (Wildman–Crippen LogP) is 1.54. The minimum atomic E-state index is -0.902. The summed E-state index contributed by atoms with van der Waals surface area (Å²) in [5.74, 6) is 0.360. The van der Waals surface area contributed by atoms with Crippen LogP contribution in [0.25, 0.3) is 0 Å². The highest BCUT2D eigenvalue weighted by Gasteiger charge is 2.22. The molecule has 2 rings (SSSR count). The standard InChI is InChI=1S/C11H11NO3/c1-7-3-8(2)5-9(4-7)11-12-15-10(6-13)14-11/h3-6,10H,1-2H3. The lowest BCUT2D eigenvalue weighted by Gasteiger charge is -2.04. The van der Waals surface area contributed by atoms with E-state index in [1.165, 1.54) is 0 Å². The van der Waals surface area contributed by atoms with Gasteiger partial charge in [0.15, 0.2) is 0 Å². The minimum absolute atomic E-state index is 0.360. The van der Waals surface area contributed by atoms with Gasteiger partial charge < -0.3 is 9.57 Å². The van der Waals surface area contributed by atoms with Crippen molar-refractivity contribution < 1.29 is 14.4 Å². The van der Waals surface area contributed by atoms with Crippen molar-refractivity contribution in [2.24, 2.45) is 5.16 Å². The molecule has 0 aliphatic carbocycles. The summed E-state index contributed by atoms with van der Waals surface area (Å²) in [5.41, 5.74) is 3.06. The van der Waals surface area contributed by atoms with Crippen LogP contribution in [0.1, 0.15) is 16.7 Å². The molecule has 0 bridgehead atoms. The lowest BCUT2D eigenvalue weighted by molar-refractivity contribution is -0.131. The van der Waals surface area contributed by atoms with E-state index in [1.807, 2.05) is 26.0 Å². The van der Waals surface area contributed by atoms with Gasteiger partial charge in [0.1, 0.15) is 0 Å². The van der Waals surface area contributed by atoms with E-state index < -0.39 is 6.29 Å². The Morgan fingerprint density at radius 3 is 2.47 bits per heavy atom. The van der Waals surface area contributed by atoms with E-state index in [0.29, 0.717) is 12.2 Å². The molecule has 0 amide bonds. The van der Waals surface area contributed by atoms with Crippen LogP contribution in [0, 0.1) is 13.8 Å². The maximum atomic E-state index is 10.4. The van der Waals surface area contributed by atoms with E-state index >= 15 is 0 Å². The molecular weight excluding hydrogens is 194 g/mol. The molecule has 1 atom stereocenters. The second-order valence-electron chi connectivity index (χ2n) is 3.50. The van der Waals surface area contributed by atoms with Gasteiger partial charge >= 0.3 is 6.29 Å². The lowest BCUT2D eigenvalue weighted by atomic mass is 10.1. The molecule has 4 nitrogen and oxygen atoms in total. The average Bonchev–Trinajstić information content (AvgIpc) is 2.64. The van der Waals surface area contributed by atoms with Crippen molar-refractivity contribution in [3.63, 3.8) is 0 Å². The molecule has 1 aliphatic heterocycles. The van der Waals surface area contributed by atoms with E-state index in [1.54, 1.807) is 0 Å². The number of hydrogen-bond acceptors (Lipinski definition) is 4. The lowest BCUT2D eigenvalue weighted by Crippen LogP contribution is -2.13. The summed E-state index contributed by atoms with van der Waals surface area (Å²) in [7, 11) is 0. The van der Waals surface area contributed by atoms with Crippen LogP contribution < -0.4 is 0 Å². The highest BCUT2D eigenvalue weighted by atomic mass is 16.8. The van der Waals surface area contributed by atoms with Crippen LogP contribution in [0.5, 0.6) is 0 Å². The Morgan fingerprint density at radius 1 is 1.27 bits per heavy atom. The number of hydrogen-bond donors (Lipinski definition) is 0. The Balaban J connectivity index is 2.27. The van der Waals surface area contributed by atoms with Crippen LogP contribution in [-0.4, -0.2) is 18.5 Å². The van der Waals surface area contributed by atoms with Gasteiger partial charge in [0.2, 0.25) is 6.29 Å². The van der Waals surface area contributed by atoms with Crippen LogP contribution >= 0.6 is 0 Å². The molecule has 0 saturated heterocycles. The zero-order valence-corrected chi connectivity index (χ0v) is 8.56. The van der Waals surface area contributed by atoms with Gasteiger partial charge in [-0.15, -0.1) is 0 Å². The predicted molar refractivity (Wildman–Crippen MR) is 54.5 cm³/mol. The number of aldehydes is 1. The highest BCUT2D eigenvalue weighted by Crippen LogP contribution is 2.15. The maximum absolute atomic E-state index is 10.4. The van der Waals surface area contributed by atoms with E-state index in [-0.39, 0.29) is 0 Å². The van der Waals surface area contributed by atoms with Crippen molar-refractivity contribution in [2.75, 3.05) is 0 Å². The third kappa shape index (κ3) is 1.98. The molecule has 0 N–H and O–H groups in total. The first-order valence-corrected chi connectivity index (χ1v) is 4.63. The Labute approximate surface area is 87.5 Å². The van der Waals surface area contributed by atoms with Gasteiger partial charge in [-0.1, -0.05) is 17.2 Å². The van der Waals surface area contributed by atoms with E-state index in [0.717, 1.165) is 16.7 Å². The van der Waals surface area contributed by atoms with E-state index in [9.17, 15) is 4.79 Å². The summed E-state index contributed by atoms with van der Waals surface area (Å²) in [4.78, 5) is 15.1. The molecular formula is C11H11NO3. The second-order valence-corrected chi connectivity index (χ2v) is 3.50. The SMILES string of the molecule is Cc1cc(C)cc(C2=NOC(C=O)O2)c1. The zero-order chi connectivity index (χ0) is 10.8. The summed E-state index contributed by atoms with van der Waals surface area (Å²) in [6.07, 6.45) is -0.333. The van der Waals surface area contributed by atoms with E-state index in [4.69, 9.17) is 9.57 Å². The first kappa shape index (κ1) is 9.71. The van der Waals surface area contributed by atoms with Crippen LogP contribution in [-0.2, 0) is 14.4 Å². The number of carbonyl (C=O) groups is 1. The molecule has 0 fully saturated rings. The summed E-state index contributed by atoms with van der Waals surface area (Å²) >= 11 is 0. The highest BCUT2D eigenvalue weighted by molar-refractivity contribution is 5.95. The number of carbonyl (C=O) groups excluding carboxylic acids is 1. The van der Waals surface area contributed by atoms with Crippen molar-refractivity contribution in [2.45, 2.75) is 20.1 Å². The van der Waals surface area contributed by atoms with Gasteiger partial charge in [-0.2, -0.15) is 0 Å². The summed E-state index contributed by atoms with van der Waals surface area (Å²) in [5, 5.41) is 3.70. The number of nitrogens with zero attached hydrogens (tertiary/aromatic N) is 1.